The van der Waals surface area contributed by atoms with E-state index in [1.54, 1.807) is 37.3 Å². The van der Waals surface area contributed by atoms with Crippen molar-refractivity contribution in [3.63, 3.8) is 0 Å². The topological polar surface area (TPSA) is 78.8 Å². The van der Waals surface area contributed by atoms with E-state index in [0.717, 1.165) is 4.31 Å². The molecular weight excluding hydrogens is 441 g/mol. The van der Waals surface area contributed by atoms with Crippen molar-refractivity contribution in [1.29, 1.82) is 0 Å². The largest absolute Gasteiger partial charge is 0.271 e. The first kappa shape index (κ1) is 22.5. The Bertz CT molecular complexity index is 1180. The highest BCUT2D eigenvalue weighted by atomic mass is 35.5. The van der Waals surface area contributed by atoms with Gasteiger partial charge in [0.05, 0.1) is 16.3 Å². The molecule has 0 bridgehead atoms. The standard InChI is InChI=1S/C22H19ClFN3O3S/c1-16(17-7-11-19(24)12-8-17)25-26-22(28)15-27(20-13-9-18(23)10-14-20)31(29,30)21-5-3-2-4-6-21/h2-14H,15H2,1H3,(H,26,28)/b25-16-. The molecule has 160 valence electrons. The number of amides is 1. The molecule has 31 heavy (non-hydrogen) atoms. The van der Waals surface area contributed by atoms with Crippen LogP contribution in [0.5, 0.6) is 0 Å². The Labute approximate surface area is 185 Å². The summed E-state index contributed by atoms with van der Waals surface area (Å²) in [6.07, 6.45) is 0. The SMILES string of the molecule is C/C(=N/NC(=O)CN(c1ccc(Cl)cc1)S(=O)(=O)c1ccccc1)c1ccc(F)cc1. The number of nitrogens with zero attached hydrogens (tertiary/aromatic N) is 2. The van der Waals surface area contributed by atoms with Crippen molar-refractivity contribution in [2.45, 2.75) is 11.8 Å². The van der Waals surface area contributed by atoms with Gasteiger partial charge >= 0.3 is 0 Å². The van der Waals surface area contributed by atoms with Crippen molar-refractivity contribution in [1.82, 2.24) is 5.43 Å². The Balaban J connectivity index is 1.84. The summed E-state index contributed by atoms with van der Waals surface area (Å²) in [5.74, 6) is -1.03. The van der Waals surface area contributed by atoms with Gasteiger partial charge in [-0.2, -0.15) is 5.10 Å². The van der Waals surface area contributed by atoms with Gasteiger partial charge < -0.3 is 0 Å². The molecule has 0 saturated carbocycles. The third-order valence-corrected chi connectivity index (χ3v) is 6.38. The predicted octanol–water partition coefficient (Wildman–Crippen LogP) is 4.21. The van der Waals surface area contributed by atoms with Crippen molar-refractivity contribution >= 4 is 38.9 Å². The van der Waals surface area contributed by atoms with Crippen LogP contribution in [0.25, 0.3) is 0 Å². The van der Waals surface area contributed by atoms with Crippen LogP contribution in [-0.4, -0.2) is 26.6 Å². The molecule has 0 aliphatic rings. The minimum Gasteiger partial charge on any atom is -0.271 e. The van der Waals surface area contributed by atoms with Crippen molar-refractivity contribution in [3.05, 3.63) is 95.3 Å². The first-order valence-electron chi connectivity index (χ1n) is 9.20. The number of hydrogen-bond donors (Lipinski definition) is 1. The molecule has 0 aliphatic carbocycles. The van der Waals surface area contributed by atoms with E-state index >= 15 is 0 Å². The van der Waals surface area contributed by atoms with Gasteiger partial charge in [0, 0.05) is 5.02 Å². The second-order valence-electron chi connectivity index (χ2n) is 6.54. The summed E-state index contributed by atoms with van der Waals surface area (Å²) in [4.78, 5) is 12.6. The number of halogens is 2. The van der Waals surface area contributed by atoms with Gasteiger partial charge in [-0.15, -0.1) is 0 Å². The van der Waals surface area contributed by atoms with E-state index in [1.165, 1.54) is 48.5 Å². The third-order valence-electron chi connectivity index (χ3n) is 4.34. The lowest BCUT2D eigenvalue weighted by Crippen LogP contribution is -2.39. The number of benzene rings is 3. The molecule has 1 amide bonds. The highest BCUT2D eigenvalue weighted by Gasteiger charge is 2.27. The monoisotopic (exact) mass is 459 g/mol. The quantitative estimate of drug-likeness (QED) is 0.424. The van der Waals surface area contributed by atoms with Crippen LogP contribution in [0.1, 0.15) is 12.5 Å². The molecule has 0 aromatic heterocycles. The molecule has 0 unspecified atom stereocenters. The van der Waals surface area contributed by atoms with Gasteiger partial charge in [-0.1, -0.05) is 41.9 Å². The van der Waals surface area contributed by atoms with Gasteiger partial charge in [-0.25, -0.2) is 18.2 Å². The van der Waals surface area contributed by atoms with Crippen LogP contribution in [-0.2, 0) is 14.8 Å². The molecule has 0 fully saturated rings. The Morgan fingerprint density at radius 2 is 1.61 bits per heavy atom. The Morgan fingerprint density at radius 1 is 1.00 bits per heavy atom. The number of hydrogen-bond acceptors (Lipinski definition) is 4. The highest BCUT2D eigenvalue weighted by Crippen LogP contribution is 2.25. The second-order valence-corrected chi connectivity index (χ2v) is 8.84. The first-order chi connectivity index (χ1) is 14.8. The average molecular weight is 460 g/mol. The summed E-state index contributed by atoms with van der Waals surface area (Å²) in [5, 5.41) is 4.43. The maximum absolute atomic E-state index is 13.2. The lowest BCUT2D eigenvalue weighted by molar-refractivity contribution is -0.119. The fourth-order valence-electron chi connectivity index (χ4n) is 2.71. The second kappa shape index (κ2) is 9.72. The van der Waals surface area contributed by atoms with Gasteiger partial charge in [-0.3, -0.25) is 9.10 Å². The minimum atomic E-state index is -4.02. The normalized spacial score (nSPS) is 11.8. The third kappa shape index (κ3) is 5.68. The summed E-state index contributed by atoms with van der Waals surface area (Å²) < 4.78 is 40.4. The molecule has 1 N–H and O–H groups in total. The summed E-state index contributed by atoms with van der Waals surface area (Å²) in [5.41, 5.74) is 3.69. The van der Waals surface area contributed by atoms with Crippen molar-refractivity contribution < 1.29 is 17.6 Å². The fourth-order valence-corrected chi connectivity index (χ4v) is 4.28. The molecule has 0 saturated heterocycles. The number of carbonyl (C=O) groups excluding carboxylic acids is 1. The van der Waals surface area contributed by atoms with Crippen molar-refractivity contribution in [2.24, 2.45) is 5.10 Å². The molecular formula is C22H19ClFN3O3S. The molecule has 0 aliphatic heterocycles. The number of nitrogens with one attached hydrogen (secondary N) is 1. The van der Waals surface area contributed by atoms with Crippen molar-refractivity contribution in [3.8, 4) is 0 Å². The zero-order valence-corrected chi connectivity index (χ0v) is 18.1. The average Bonchev–Trinajstić information content (AvgIpc) is 2.77. The molecule has 3 aromatic carbocycles. The summed E-state index contributed by atoms with van der Waals surface area (Å²) in [6, 6.07) is 19.5. The number of sulfonamides is 1. The molecule has 0 atom stereocenters. The summed E-state index contributed by atoms with van der Waals surface area (Å²) in [7, 11) is -4.02. The van der Waals surface area contributed by atoms with Gasteiger partial charge in [0.1, 0.15) is 12.4 Å². The Hall–Kier alpha value is -3.23. The van der Waals surface area contributed by atoms with Crippen LogP contribution in [0, 0.1) is 5.82 Å². The minimum absolute atomic E-state index is 0.0451. The lowest BCUT2D eigenvalue weighted by atomic mass is 10.1. The molecule has 0 spiro atoms. The van der Waals surface area contributed by atoms with E-state index in [9.17, 15) is 17.6 Å². The zero-order chi connectivity index (χ0) is 22.4. The van der Waals surface area contributed by atoms with Crippen LogP contribution in [0.3, 0.4) is 0 Å². The van der Waals surface area contributed by atoms with E-state index in [2.05, 4.69) is 10.5 Å². The van der Waals surface area contributed by atoms with Gasteiger partial charge in [0.15, 0.2) is 0 Å². The lowest BCUT2D eigenvalue weighted by Gasteiger charge is -2.23. The summed E-state index contributed by atoms with van der Waals surface area (Å²) in [6.45, 7) is 1.14. The maximum Gasteiger partial charge on any atom is 0.264 e. The van der Waals surface area contributed by atoms with E-state index in [4.69, 9.17) is 11.6 Å². The van der Waals surface area contributed by atoms with Crippen LogP contribution in [0.15, 0.2) is 88.9 Å². The molecule has 0 radical (unpaired) electrons. The van der Waals surface area contributed by atoms with Crippen LogP contribution < -0.4 is 9.73 Å². The molecule has 3 rings (SSSR count). The van der Waals surface area contributed by atoms with E-state index in [-0.39, 0.29) is 16.4 Å². The molecule has 0 heterocycles. The fraction of sp³-hybridized carbons (Fsp3) is 0.0909. The van der Waals surface area contributed by atoms with Gasteiger partial charge in [-0.05, 0) is 61.0 Å². The number of anilines is 1. The number of hydrazone groups is 1. The summed E-state index contributed by atoms with van der Waals surface area (Å²) >= 11 is 5.92. The molecule has 9 heteroatoms. The first-order valence-corrected chi connectivity index (χ1v) is 11.0. The zero-order valence-electron chi connectivity index (χ0n) is 16.5. The van der Waals surface area contributed by atoms with Gasteiger partial charge in [0.2, 0.25) is 0 Å². The smallest absolute Gasteiger partial charge is 0.264 e. The maximum atomic E-state index is 13.2. The van der Waals surface area contributed by atoms with Gasteiger partial charge in [0.25, 0.3) is 15.9 Å². The van der Waals surface area contributed by atoms with E-state index in [1.807, 2.05) is 0 Å². The number of rotatable bonds is 7. The Kier molecular flexibility index (Phi) is 7.04. The molecule has 3 aromatic rings. The van der Waals surface area contributed by atoms with Crippen LogP contribution >= 0.6 is 11.6 Å². The van der Waals surface area contributed by atoms with Crippen LogP contribution in [0.2, 0.25) is 5.02 Å². The Morgan fingerprint density at radius 3 is 2.23 bits per heavy atom. The number of carbonyl (C=O) groups is 1. The molecule has 6 nitrogen and oxygen atoms in total. The van der Waals surface area contributed by atoms with E-state index < -0.39 is 22.5 Å². The predicted molar refractivity (Wildman–Crippen MR) is 119 cm³/mol. The van der Waals surface area contributed by atoms with Crippen molar-refractivity contribution in [2.75, 3.05) is 10.8 Å². The van der Waals surface area contributed by atoms with E-state index in [0.29, 0.717) is 16.3 Å². The highest BCUT2D eigenvalue weighted by molar-refractivity contribution is 7.92. The van der Waals surface area contributed by atoms with Crippen LogP contribution in [0.4, 0.5) is 10.1 Å².